The third kappa shape index (κ3) is 4.21. The molecule has 1 fully saturated rings. The summed E-state index contributed by atoms with van der Waals surface area (Å²) >= 11 is 0. The maximum absolute atomic E-state index is 11.6. The molecule has 1 saturated heterocycles. The van der Waals surface area contributed by atoms with Gasteiger partial charge in [0, 0.05) is 38.9 Å². The van der Waals surface area contributed by atoms with Crippen LogP contribution in [0.15, 0.2) is 24.4 Å². The van der Waals surface area contributed by atoms with Crippen LogP contribution in [0.3, 0.4) is 0 Å². The van der Waals surface area contributed by atoms with Crippen molar-refractivity contribution >= 4 is 11.7 Å². The minimum absolute atomic E-state index is 0.00784. The molecule has 0 aliphatic carbocycles. The number of rotatable bonds is 5. The molecule has 106 valence electrons. The Labute approximate surface area is 119 Å². The van der Waals surface area contributed by atoms with Gasteiger partial charge in [0.1, 0.15) is 5.82 Å². The van der Waals surface area contributed by atoms with Crippen LogP contribution >= 0.6 is 0 Å². The lowest BCUT2D eigenvalue weighted by Gasteiger charge is -2.34. The van der Waals surface area contributed by atoms with Gasteiger partial charge in [-0.15, -0.1) is 0 Å². The zero-order chi connectivity index (χ0) is 14.2. The van der Waals surface area contributed by atoms with E-state index in [9.17, 15) is 4.79 Å². The van der Waals surface area contributed by atoms with Crippen molar-refractivity contribution < 1.29 is 4.79 Å². The molecule has 1 aromatic heterocycles. The van der Waals surface area contributed by atoms with Crippen LogP contribution in [0.2, 0.25) is 0 Å². The minimum Gasteiger partial charge on any atom is -0.354 e. The van der Waals surface area contributed by atoms with Crippen LogP contribution in [-0.2, 0) is 4.79 Å². The van der Waals surface area contributed by atoms with Crippen molar-refractivity contribution in [1.82, 2.24) is 15.2 Å². The summed E-state index contributed by atoms with van der Waals surface area (Å²) in [6.45, 7) is 4.29. The number of carbonyl (C=O) groups excluding carboxylic acids is 1. The summed E-state index contributed by atoms with van der Waals surface area (Å²) in [4.78, 5) is 20.3. The van der Waals surface area contributed by atoms with E-state index in [-0.39, 0.29) is 5.91 Å². The molecular formula is C14H19N5O. The number of hydrogen-bond acceptors (Lipinski definition) is 5. The van der Waals surface area contributed by atoms with Crippen molar-refractivity contribution in [3.63, 3.8) is 0 Å². The van der Waals surface area contributed by atoms with Gasteiger partial charge in [0.05, 0.1) is 19.0 Å². The fourth-order valence-electron chi connectivity index (χ4n) is 2.19. The topological polar surface area (TPSA) is 72.3 Å². The molecule has 0 saturated carbocycles. The van der Waals surface area contributed by atoms with Crippen molar-refractivity contribution in [3.05, 3.63) is 24.4 Å². The third-order valence-corrected chi connectivity index (χ3v) is 3.27. The summed E-state index contributed by atoms with van der Waals surface area (Å²) in [6, 6.07) is 7.90. The molecule has 0 atom stereocenters. The summed E-state index contributed by atoms with van der Waals surface area (Å²) in [5.41, 5.74) is 0. The predicted octanol–water partition coefficient (Wildman–Crippen LogP) is 0.233. The molecule has 0 unspecified atom stereocenters. The first-order valence-electron chi connectivity index (χ1n) is 6.81. The number of aromatic nitrogens is 1. The lowest BCUT2D eigenvalue weighted by molar-refractivity contribution is -0.122. The Morgan fingerprint density at radius 3 is 2.80 bits per heavy atom. The molecule has 1 amide bonds. The zero-order valence-corrected chi connectivity index (χ0v) is 11.5. The highest BCUT2D eigenvalue weighted by molar-refractivity contribution is 5.78. The van der Waals surface area contributed by atoms with E-state index in [0.717, 1.165) is 32.0 Å². The van der Waals surface area contributed by atoms with Crippen LogP contribution in [0.25, 0.3) is 0 Å². The van der Waals surface area contributed by atoms with Crippen LogP contribution in [0.1, 0.15) is 6.42 Å². The van der Waals surface area contributed by atoms with Gasteiger partial charge in [-0.3, -0.25) is 9.69 Å². The van der Waals surface area contributed by atoms with Gasteiger partial charge in [0.2, 0.25) is 5.91 Å². The van der Waals surface area contributed by atoms with E-state index < -0.39 is 0 Å². The van der Waals surface area contributed by atoms with Crippen LogP contribution in [0.5, 0.6) is 0 Å². The summed E-state index contributed by atoms with van der Waals surface area (Å²) in [5, 5.41) is 11.2. The number of nitriles is 1. The monoisotopic (exact) mass is 273 g/mol. The second kappa shape index (κ2) is 7.46. The number of amides is 1. The van der Waals surface area contributed by atoms with E-state index in [2.05, 4.69) is 20.1 Å². The minimum atomic E-state index is -0.00784. The highest BCUT2D eigenvalue weighted by Gasteiger charge is 2.19. The maximum Gasteiger partial charge on any atom is 0.234 e. The number of carbonyl (C=O) groups is 1. The summed E-state index contributed by atoms with van der Waals surface area (Å²) in [6.07, 6.45) is 2.16. The van der Waals surface area contributed by atoms with Gasteiger partial charge in [0.25, 0.3) is 0 Å². The van der Waals surface area contributed by atoms with Gasteiger partial charge in [0.15, 0.2) is 0 Å². The molecule has 0 aromatic carbocycles. The third-order valence-electron chi connectivity index (χ3n) is 3.27. The molecule has 1 aliphatic heterocycles. The first kappa shape index (κ1) is 14.3. The van der Waals surface area contributed by atoms with Crippen molar-refractivity contribution in [2.45, 2.75) is 6.42 Å². The number of anilines is 1. The quantitative estimate of drug-likeness (QED) is 0.778. The summed E-state index contributed by atoms with van der Waals surface area (Å²) < 4.78 is 0. The molecule has 6 nitrogen and oxygen atoms in total. The van der Waals surface area contributed by atoms with Crippen molar-refractivity contribution in [2.24, 2.45) is 0 Å². The molecular weight excluding hydrogens is 254 g/mol. The second-order valence-corrected chi connectivity index (χ2v) is 4.71. The van der Waals surface area contributed by atoms with Gasteiger partial charge in [-0.1, -0.05) is 6.07 Å². The van der Waals surface area contributed by atoms with Crippen molar-refractivity contribution in [1.29, 1.82) is 5.26 Å². The van der Waals surface area contributed by atoms with Gasteiger partial charge in [-0.05, 0) is 12.1 Å². The largest absolute Gasteiger partial charge is 0.354 e. The number of pyridine rings is 1. The second-order valence-electron chi connectivity index (χ2n) is 4.71. The molecule has 20 heavy (non-hydrogen) atoms. The average Bonchev–Trinajstić information content (AvgIpc) is 2.49. The molecule has 0 radical (unpaired) electrons. The van der Waals surface area contributed by atoms with Gasteiger partial charge >= 0.3 is 0 Å². The van der Waals surface area contributed by atoms with Crippen molar-refractivity contribution in [3.8, 4) is 6.07 Å². The Hall–Kier alpha value is -2.13. The first-order chi connectivity index (χ1) is 9.79. The molecule has 2 heterocycles. The van der Waals surface area contributed by atoms with Gasteiger partial charge < -0.3 is 10.2 Å². The lowest BCUT2D eigenvalue weighted by atomic mass is 10.3. The standard InChI is InChI=1S/C14H19N5O/c15-5-3-7-17-14(20)12-18-8-10-19(11-9-18)13-4-1-2-6-16-13/h1-2,4,6H,3,7-12H2,(H,17,20). The molecule has 0 bridgehead atoms. The zero-order valence-electron chi connectivity index (χ0n) is 11.5. The van der Waals surface area contributed by atoms with E-state index in [1.807, 2.05) is 24.3 Å². The molecule has 0 spiro atoms. The van der Waals surface area contributed by atoms with Crippen LogP contribution < -0.4 is 10.2 Å². The Bertz CT molecular complexity index is 462. The average molecular weight is 273 g/mol. The Balaban J connectivity index is 1.72. The number of piperazine rings is 1. The smallest absolute Gasteiger partial charge is 0.234 e. The summed E-state index contributed by atoms with van der Waals surface area (Å²) in [7, 11) is 0. The highest BCUT2D eigenvalue weighted by Crippen LogP contribution is 2.12. The summed E-state index contributed by atoms with van der Waals surface area (Å²) in [5.74, 6) is 0.983. The fourth-order valence-corrected chi connectivity index (χ4v) is 2.19. The first-order valence-corrected chi connectivity index (χ1v) is 6.81. The maximum atomic E-state index is 11.6. The Kier molecular flexibility index (Phi) is 5.33. The highest BCUT2D eigenvalue weighted by atomic mass is 16.2. The molecule has 2 rings (SSSR count). The van der Waals surface area contributed by atoms with Crippen LogP contribution in [0.4, 0.5) is 5.82 Å². The normalized spacial score (nSPS) is 15.7. The lowest BCUT2D eigenvalue weighted by Crippen LogP contribution is -2.49. The molecule has 1 N–H and O–H groups in total. The fraction of sp³-hybridized carbons (Fsp3) is 0.500. The van der Waals surface area contributed by atoms with E-state index in [0.29, 0.717) is 19.5 Å². The van der Waals surface area contributed by atoms with E-state index in [4.69, 9.17) is 5.26 Å². The Morgan fingerprint density at radius 2 is 2.15 bits per heavy atom. The molecule has 6 heteroatoms. The predicted molar refractivity (Wildman–Crippen MR) is 76.1 cm³/mol. The van der Waals surface area contributed by atoms with Crippen molar-refractivity contribution in [2.75, 3.05) is 44.2 Å². The Morgan fingerprint density at radius 1 is 1.35 bits per heavy atom. The van der Waals surface area contributed by atoms with Gasteiger partial charge in [-0.2, -0.15) is 5.26 Å². The van der Waals surface area contributed by atoms with Gasteiger partial charge in [-0.25, -0.2) is 4.98 Å². The number of hydrogen-bond donors (Lipinski definition) is 1. The number of nitrogens with zero attached hydrogens (tertiary/aromatic N) is 4. The molecule has 1 aromatic rings. The number of nitrogens with one attached hydrogen (secondary N) is 1. The van der Waals surface area contributed by atoms with E-state index >= 15 is 0 Å². The SMILES string of the molecule is N#CCCNC(=O)CN1CCN(c2ccccn2)CC1. The van der Waals surface area contributed by atoms with E-state index in [1.54, 1.807) is 6.20 Å². The van der Waals surface area contributed by atoms with Crippen LogP contribution in [0, 0.1) is 11.3 Å². The van der Waals surface area contributed by atoms with Crippen LogP contribution in [-0.4, -0.2) is 55.1 Å². The van der Waals surface area contributed by atoms with E-state index in [1.165, 1.54) is 0 Å². The molecule has 1 aliphatic rings.